The van der Waals surface area contributed by atoms with E-state index in [1.54, 1.807) is 0 Å². The molecule has 0 aliphatic carbocycles. The van der Waals surface area contributed by atoms with Crippen LogP contribution in [-0.2, 0) is 0 Å². The van der Waals surface area contributed by atoms with Gasteiger partial charge in [0.05, 0.1) is 12.0 Å². The molecule has 0 saturated carbocycles. The molecule has 1 atom stereocenters. The largest absolute Gasteiger partial charge is 0.494 e. The topological polar surface area (TPSA) is 9.23 Å². The van der Waals surface area contributed by atoms with Crippen molar-refractivity contribution in [2.24, 2.45) is 0 Å². The first kappa shape index (κ1) is 17.8. The van der Waals surface area contributed by atoms with Crippen LogP contribution < -0.4 is 4.74 Å². The predicted octanol–water partition coefficient (Wildman–Crippen LogP) is 6.88. The van der Waals surface area contributed by atoms with Gasteiger partial charge in [-0.2, -0.15) is 0 Å². The molecule has 114 valence electrons. The molecule has 0 amide bonds. The lowest BCUT2D eigenvalue weighted by Crippen LogP contribution is -1.99. The van der Waals surface area contributed by atoms with Crippen LogP contribution in [0.3, 0.4) is 0 Å². The summed E-state index contributed by atoms with van der Waals surface area (Å²) in [4.78, 5) is 0. The Balaban J connectivity index is 2.45. The van der Waals surface area contributed by atoms with Gasteiger partial charge in [0, 0.05) is 10.0 Å². The molecule has 1 rings (SSSR count). The number of rotatable bonds is 10. The minimum absolute atomic E-state index is 0.0419. The lowest BCUT2D eigenvalue weighted by atomic mass is 10.0. The number of hydrogen-bond acceptors (Lipinski definition) is 1. The van der Waals surface area contributed by atoms with Crippen molar-refractivity contribution in [1.82, 2.24) is 0 Å². The molecule has 0 spiro atoms. The number of unbranched alkanes of at least 4 members (excludes halogenated alkanes) is 5. The molecular weight excluding hydrogens is 336 g/mol. The smallest absolute Gasteiger partial charge is 0.124 e. The highest BCUT2D eigenvalue weighted by atomic mass is 79.9. The van der Waals surface area contributed by atoms with Gasteiger partial charge in [-0.15, -0.1) is 11.6 Å². The molecule has 0 fully saturated rings. The third kappa shape index (κ3) is 6.49. The van der Waals surface area contributed by atoms with Gasteiger partial charge in [0.15, 0.2) is 0 Å². The molecule has 1 aromatic carbocycles. The normalized spacial score (nSPS) is 12.4. The van der Waals surface area contributed by atoms with Crippen molar-refractivity contribution in [2.75, 3.05) is 6.61 Å². The maximum absolute atomic E-state index is 6.56. The lowest BCUT2D eigenvalue weighted by Gasteiger charge is -2.15. The second kappa shape index (κ2) is 10.5. The summed E-state index contributed by atoms with van der Waals surface area (Å²) in [5, 5.41) is 0.0419. The zero-order valence-corrected chi connectivity index (χ0v) is 15.0. The van der Waals surface area contributed by atoms with Gasteiger partial charge in [-0.1, -0.05) is 61.4 Å². The van der Waals surface area contributed by atoms with Gasteiger partial charge in [0.2, 0.25) is 0 Å². The number of benzene rings is 1. The molecule has 0 bridgehead atoms. The minimum atomic E-state index is 0.0419. The van der Waals surface area contributed by atoms with Crippen molar-refractivity contribution in [1.29, 1.82) is 0 Å². The first-order valence-electron chi connectivity index (χ1n) is 7.75. The van der Waals surface area contributed by atoms with Crippen molar-refractivity contribution in [3.63, 3.8) is 0 Å². The van der Waals surface area contributed by atoms with Crippen LogP contribution in [0.4, 0.5) is 0 Å². The molecule has 3 heteroatoms. The monoisotopic (exact) mass is 360 g/mol. The maximum Gasteiger partial charge on any atom is 0.124 e. The molecule has 0 aliphatic heterocycles. The Labute approximate surface area is 137 Å². The van der Waals surface area contributed by atoms with Crippen molar-refractivity contribution >= 4 is 27.5 Å². The fourth-order valence-corrected chi connectivity index (χ4v) is 3.01. The molecule has 0 aliphatic rings. The van der Waals surface area contributed by atoms with Crippen LogP contribution in [0.25, 0.3) is 0 Å². The van der Waals surface area contributed by atoms with Gasteiger partial charge in [0.1, 0.15) is 5.75 Å². The highest BCUT2D eigenvalue weighted by molar-refractivity contribution is 9.10. The highest BCUT2D eigenvalue weighted by Gasteiger charge is 2.14. The van der Waals surface area contributed by atoms with E-state index in [1.165, 1.54) is 38.5 Å². The van der Waals surface area contributed by atoms with Crippen LogP contribution in [0.5, 0.6) is 5.75 Å². The maximum atomic E-state index is 6.56. The highest BCUT2D eigenvalue weighted by Crippen LogP contribution is 2.35. The molecule has 0 saturated heterocycles. The van der Waals surface area contributed by atoms with Gasteiger partial charge in [0.25, 0.3) is 0 Å². The number of hydrogen-bond donors (Lipinski definition) is 0. The van der Waals surface area contributed by atoms with Crippen LogP contribution in [-0.4, -0.2) is 6.61 Å². The summed E-state index contributed by atoms with van der Waals surface area (Å²) in [5.74, 6) is 0.918. The summed E-state index contributed by atoms with van der Waals surface area (Å²) in [6.45, 7) is 4.93. The first-order valence-corrected chi connectivity index (χ1v) is 8.98. The molecule has 0 N–H and O–H groups in total. The Hall–Kier alpha value is -0.210. The summed E-state index contributed by atoms with van der Waals surface area (Å²) < 4.78 is 6.73. The SMILES string of the molecule is CCCCCCCCC(Cl)c1cc(Br)ccc1OCC. The minimum Gasteiger partial charge on any atom is -0.494 e. The van der Waals surface area contributed by atoms with E-state index < -0.39 is 0 Å². The Morgan fingerprint density at radius 1 is 1.10 bits per heavy atom. The van der Waals surface area contributed by atoms with E-state index >= 15 is 0 Å². The second-order valence-corrected chi connectivity index (χ2v) is 6.58. The van der Waals surface area contributed by atoms with Gasteiger partial charge in [-0.3, -0.25) is 0 Å². The first-order chi connectivity index (χ1) is 9.69. The van der Waals surface area contributed by atoms with Crippen LogP contribution in [0, 0.1) is 0 Å². The molecule has 0 radical (unpaired) electrons. The van der Waals surface area contributed by atoms with Gasteiger partial charge >= 0.3 is 0 Å². The Bertz CT molecular complexity index is 381. The molecular formula is C17H26BrClO. The van der Waals surface area contributed by atoms with Gasteiger partial charge in [-0.25, -0.2) is 0 Å². The van der Waals surface area contributed by atoms with Crippen molar-refractivity contribution < 1.29 is 4.74 Å². The van der Waals surface area contributed by atoms with E-state index in [9.17, 15) is 0 Å². The Morgan fingerprint density at radius 3 is 2.50 bits per heavy atom. The van der Waals surface area contributed by atoms with Crippen LogP contribution in [0.1, 0.15) is 69.7 Å². The lowest BCUT2D eigenvalue weighted by molar-refractivity contribution is 0.335. The van der Waals surface area contributed by atoms with Crippen LogP contribution in [0.15, 0.2) is 22.7 Å². The van der Waals surface area contributed by atoms with Crippen molar-refractivity contribution in [2.45, 2.75) is 64.2 Å². The van der Waals surface area contributed by atoms with Gasteiger partial charge in [-0.05, 0) is 31.5 Å². The quantitative estimate of drug-likeness (QED) is 0.326. The summed E-state index contributed by atoms with van der Waals surface area (Å²) in [6, 6.07) is 6.09. The molecule has 0 aromatic heterocycles. The van der Waals surface area contributed by atoms with E-state index in [1.807, 2.05) is 19.1 Å². The average molecular weight is 362 g/mol. The third-order valence-electron chi connectivity index (χ3n) is 3.42. The molecule has 20 heavy (non-hydrogen) atoms. The average Bonchev–Trinajstić information content (AvgIpc) is 2.44. The van der Waals surface area contributed by atoms with E-state index in [-0.39, 0.29) is 5.38 Å². The van der Waals surface area contributed by atoms with Crippen LogP contribution >= 0.6 is 27.5 Å². The van der Waals surface area contributed by atoms with Crippen LogP contribution in [0.2, 0.25) is 0 Å². The van der Waals surface area contributed by atoms with E-state index in [4.69, 9.17) is 16.3 Å². The Kier molecular flexibility index (Phi) is 9.37. The van der Waals surface area contributed by atoms with Gasteiger partial charge < -0.3 is 4.74 Å². The predicted molar refractivity (Wildman–Crippen MR) is 91.9 cm³/mol. The van der Waals surface area contributed by atoms with Crippen molar-refractivity contribution in [3.05, 3.63) is 28.2 Å². The molecule has 1 nitrogen and oxygen atoms in total. The van der Waals surface area contributed by atoms with Crippen molar-refractivity contribution in [3.8, 4) is 5.75 Å². The Morgan fingerprint density at radius 2 is 1.80 bits per heavy atom. The summed E-state index contributed by atoms with van der Waals surface area (Å²) in [7, 11) is 0. The summed E-state index contributed by atoms with van der Waals surface area (Å²) >= 11 is 10.1. The molecule has 1 unspecified atom stereocenters. The zero-order valence-electron chi connectivity index (χ0n) is 12.6. The summed E-state index contributed by atoms with van der Waals surface area (Å²) in [6.07, 6.45) is 8.82. The number of halogens is 2. The summed E-state index contributed by atoms with van der Waals surface area (Å²) in [5.41, 5.74) is 1.11. The molecule has 0 heterocycles. The van der Waals surface area contributed by atoms with E-state index in [0.717, 1.165) is 22.2 Å². The molecule has 1 aromatic rings. The number of alkyl halides is 1. The van der Waals surface area contributed by atoms with E-state index in [0.29, 0.717) is 6.61 Å². The fourth-order valence-electron chi connectivity index (χ4n) is 2.31. The fraction of sp³-hybridized carbons (Fsp3) is 0.647. The zero-order chi connectivity index (χ0) is 14.8. The number of ether oxygens (including phenoxy) is 1. The second-order valence-electron chi connectivity index (χ2n) is 5.14. The third-order valence-corrected chi connectivity index (χ3v) is 4.37. The van der Waals surface area contributed by atoms with E-state index in [2.05, 4.69) is 28.9 Å². The standard InChI is InChI=1S/C17H26BrClO/c1-3-5-6-7-8-9-10-16(19)15-13-14(18)11-12-17(15)20-4-2/h11-13,16H,3-10H2,1-2H3.